The minimum atomic E-state index is -0.484. The van der Waals surface area contributed by atoms with Crippen molar-refractivity contribution < 1.29 is 18.7 Å². The SMILES string of the molecule is COC(=O)c1c(NC(=O)c2cc3cc(Br)ccc3oc2=N)sc2c1CCCCC2. The first-order chi connectivity index (χ1) is 14.0. The van der Waals surface area contributed by atoms with E-state index in [0.717, 1.165) is 47.0 Å². The summed E-state index contributed by atoms with van der Waals surface area (Å²) in [5.41, 5.74) is 1.82. The Hall–Kier alpha value is -2.45. The first kappa shape index (κ1) is 19.8. The molecule has 1 amide bonds. The van der Waals surface area contributed by atoms with E-state index in [4.69, 9.17) is 14.6 Å². The molecule has 29 heavy (non-hydrogen) atoms. The Bertz CT molecular complexity index is 1180. The van der Waals surface area contributed by atoms with Gasteiger partial charge in [-0.1, -0.05) is 22.4 Å². The first-order valence-corrected chi connectivity index (χ1v) is 10.9. The maximum atomic E-state index is 13.0. The van der Waals surface area contributed by atoms with Crippen LogP contribution >= 0.6 is 27.3 Å². The quantitative estimate of drug-likeness (QED) is 0.410. The van der Waals surface area contributed by atoms with E-state index in [1.54, 1.807) is 12.1 Å². The van der Waals surface area contributed by atoms with Crippen LogP contribution in [-0.4, -0.2) is 19.0 Å². The van der Waals surface area contributed by atoms with Gasteiger partial charge in [-0.3, -0.25) is 10.2 Å². The van der Waals surface area contributed by atoms with Gasteiger partial charge in [-0.05, 0) is 55.5 Å². The van der Waals surface area contributed by atoms with Crippen molar-refractivity contribution in [3.8, 4) is 0 Å². The minimum absolute atomic E-state index is 0.106. The van der Waals surface area contributed by atoms with Gasteiger partial charge >= 0.3 is 5.97 Å². The molecule has 2 aromatic heterocycles. The van der Waals surface area contributed by atoms with Crippen LogP contribution in [0, 0.1) is 5.41 Å². The number of benzene rings is 1. The number of rotatable bonds is 3. The van der Waals surface area contributed by atoms with Gasteiger partial charge in [0, 0.05) is 14.7 Å². The van der Waals surface area contributed by atoms with Gasteiger partial charge in [-0.15, -0.1) is 11.3 Å². The summed E-state index contributed by atoms with van der Waals surface area (Å²) in [7, 11) is 1.34. The van der Waals surface area contributed by atoms with E-state index in [9.17, 15) is 9.59 Å². The summed E-state index contributed by atoms with van der Waals surface area (Å²) in [6, 6.07) is 7.00. The Morgan fingerprint density at radius 2 is 2.00 bits per heavy atom. The van der Waals surface area contributed by atoms with Gasteiger partial charge in [0.2, 0.25) is 5.55 Å². The molecule has 150 valence electrons. The third-order valence-electron chi connectivity index (χ3n) is 5.01. The smallest absolute Gasteiger partial charge is 0.341 e. The van der Waals surface area contributed by atoms with Gasteiger partial charge in [0.25, 0.3) is 5.91 Å². The predicted octanol–water partition coefficient (Wildman–Crippen LogP) is 5.04. The second-order valence-electron chi connectivity index (χ2n) is 6.89. The fourth-order valence-electron chi connectivity index (χ4n) is 3.60. The van der Waals surface area contributed by atoms with Crippen LogP contribution in [-0.2, 0) is 17.6 Å². The Balaban J connectivity index is 1.73. The van der Waals surface area contributed by atoms with Crippen molar-refractivity contribution in [3.63, 3.8) is 0 Å². The van der Waals surface area contributed by atoms with Gasteiger partial charge in [0.1, 0.15) is 16.1 Å². The largest absolute Gasteiger partial charge is 0.465 e. The lowest BCUT2D eigenvalue weighted by atomic mass is 10.1. The molecule has 1 aromatic carbocycles. The molecule has 0 saturated carbocycles. The number of hydrogen-bond acceptors (Lipinski definition) is 6. The van der Waals surface area contributed by atoms with E-state index < -0.39 is 11.9 Å². The standard InChI is InChI=1S/C21H19BrN2O4S/c1-27-21(26)17-13-5-3-2-4-6-16(13)29-20(17)24-19(25)14-10-11-9-12(22)7-8-15(11)28-18(14)23/h7-10,23H,2-6H2,1H3,(H,24,25). The molecular formula is C21H19BrN2O4S. The molecule has 0 spiro atoms. The minimum Gasteiger partial charge on any atom is -0.465 e. The number of ether oxygens (including phenoxy) is 1. The van der Waals surface area contributed by atoms with Crippen LogP contribution < -0.4 is 10.9 Å². The van der Waals surface area contributed by atoms with Crippen LogP contribution in [0.5, 0.6) is 0 Å². The number of aryl methyl sites for hydroxylation is 1. The zero-order chi connectivity index (χ0) is 20.5. The number of methoxy groups -OCH3 is 1. The molecule has 3 aromatic rings. The van der Waals surface area contributed by atoms with Crippen molar-refractivity contribution in [2.75, 3.05) is 12.4 Å². The zero-order valence-electron chi connectivity index (χ0n) is 15.8. The van der Waals surface area contributed by atoms with E-state index >= 15 is 0 Å². The molecular weight excluding hydrogens is 456 g/mol. The third-order valence-corrected chi connectivity index (χ3v) is 6.71. The molecule has 4 rings (SSSR count). The van der Waals surface area contributed by atoms with Gasteiger partial charge in [0.05, 0.1) is 12.7 Å². The Labute approximate surface area is 179 Å². The molecule has 1 aliphatic carbocycles. The number of thiophene rings is 1. The van der Waals surface area contributed by atoms with Crippen LogP contribution in [0.2, 0.25) is 0 Å². The number of hydrogen-bond donors (Lipinski definition) is 2. The Morgan fingerprint density at radius 1 is 1.21 bits per heavy atom. The van der Waals surface area contributed by atoms with Crippen molar-refractivity contribution >= 4 is 55.1 Å². The van der Waals surface area contributed by atoms with Crippen molar-refractivity contribution in [1.82, 2.24) is 0 Å². The van der Waals surface area contributed by atoms with Gasteiger partial charge in [-0.2, -0.15) is 0 Å². The van der Waals surface area contributed by atoms with Crippen LogP contribution in [0.15, 0.2) is 33.2 Å². The van der Waals surface area contributed by atoms with E-state index in [0.29, 0.717) is 21.5 Å². The molecule has 0 atom stereocenters. The normalized spacial score (nSPS) is 13.6. The number of esters is 1. The highest BCUT2D eigenvalue weighted by Gasteiger charge is 2.27. The van der Waals surface area contributed by atoms with Crippen LogP contribution in [0.1, 0.15) is 50.4 Å². The number of carbonyl (C=O) groups is 2. The third kappa shape index (κ3) is 3.86. The average molecular weight is 475 g/mol. The maximum absolute atomic E-state index is 13.0. The summed E-state index contributed by atoms with van der Waals surface area (Å²) in [4.78, 5) is 26.5. The highest BCUT2D eigenvalue weighted by Crippen LogP contribution is 2.38. The molecule has 6 nitrogen and oxygen atoms in total. The van der Waals surface area contributed by atoms with Crippen LogP contribution in [0.25, 0.3) is 11.0 Å². The first-order valence-electron chi connectivity index (χ1n) is 9.30. The molecule has 8 heteroatoms. The van der Waals surface area contributed by atoms with Crippen molar-refractivity contribution in [2.45, 2.75) is 32.1 Å². The molecule has 0 saturated heterocycles. The number of carbonyl (C=O) groups excluding carboxylic acids is 2. The van der Waals surface area contributed by atoms with Gasteiger partial charge < -0.3 is 14.5 Å². The lowest BCUT2D eigenvalue weighted by molar-refractivity contribution is 0.0601. The summed E-state index contributed by atoms with van der Waals surface area (Å²) >= 11 is 4.82. The fraction of sp³-hybridized carbons (Fsp3) is 0.286. The summed E-state index contributed by atoms with van der Waals surface area (Å²) in [5.74, 6) is -0.930. The maximum Gasteiger partial charge on any atom is 0.341 e. The molecule has 0 radical (unpaired) electrons. The molecule has 0 bridgehead atoms. The number of nitrogens with one attached hydrogen (secondary N) is 2. The number of fused-ring (bicyclic) bond motifs is 2. The lowest BCUT2D eigenvalue weighted by Crippen LogP contribution is -2.21. The molecule has 2 N–H and O–H groups in total. The summed E-state index contributed by atoms with van der Waals surface area (Å²) in [5, 5.41) is 12.1. The highest BCUT2D eigenvalue weighted by molar-refractivity contribution is 9.10. The number of anilines is 1. The van der Waals surface area contributed by atoms with Crippen molar-refractivity contribution in [1.29, 1.82) is 5.41 Å². The van der Waals surface area contributed by atoms with E-state index in [-0.39, 0.29) is 11.1 Å². The van der Waals surface area contributed by atoms with E-state index in [2.05, 4.69) is 21.2 Å². The Kier molecular flexibility index (Phi) is 5.56. The molecule has 0 unspecified atom stereocenters. The lowest BCUT2D eigenvalue weighted by Gasteiger charge is -2.08. The van der Waals surface area contributed by atoms with Gasteiger partial charge in [0.15, 0.2) is 0 Å². The molecule has 1 aliphatic rings. The number of halogens is 1. The van der Waals surface area contributed by atoms with Gasteiger partial charge in [-0.25, -0.2) is 4.79 Å². The topological polar surface area (TPSA) is 92.4 Å². The van der Waals surface area contributed by atoms with E-state index in [1.807, 2.05) is 12.1 Å². The van der Waals surface area contributed by atoms with E-state index in [1.165, 1.54) is 18.4 Å². The number of amides is 1. The van der Waals surface area contributed by atoms with Crippen LogP contribution in [0.3, 0.4) is 0 Å². The summed E-state index contributed by atoms with van der Waals surface area (Å²) < 4.78 is 11.3. The van der Waals surface area contributed by atoms with Crippen molar-refractivity contribution in [2.24, 2.45) is 0 Å². The zero-order valence-corrected chi connectivity index (χ0v) is 18.2. The predicted molar refractivity (Wildman–Crippen MR) is 115 cm³/mol. The van der Waals surface area contributed by atoms with Crippen molar-refractivity contribution in [3.05, 3.63) is 55.9 Å². The molecule has 0 fully saturated rings. The monoisotopic (exact) mass is 474 g/mol. The fourth-order valence-corrected chi connectivity index (χ4v) is 5.25. The Morgan fingerprint density at radius 3 is 2.79 bits per heavy atom. The second kappa shape index (κ2) is 8.12. The summed E-state index contributed by atoms with van der Waals surface area (Å²) in [6.07, 6.45) is 4.89. The molecule has 2 heterocycles. The van der Waals surface area contributed by atoms with Crippen LogP contribution in [0.4, 0.5) is 5.00 Å². The average Bonchev–Trinajstić information content (AvgIpc) is 2.87. The highest BCUT2D eigenvalue weighted by atomic mass is 79.9. The summed E-state index contributed by atoms with van der Waals surface area (Å²) in [6.45, 7) is 0. The molecule has 0 aliphatic heterocycles. The second-order valence-corrected chi connectivity index (χ2v) is 8.91.